The molecular weight excluding hydrogens is 230 g/mol. The summed E-state index contributed by atoms with van der Waals surface area (Å²) in [6.07, 6.45) is 7.88. The molecule has 19 heavy (non-hydrogen) atoms. The fraction of sp³-hybridized carbons (Fsp3) is 0.667. The Hall–Kier alpha value is -0.820. The Morgan fingerprint density at radius 1 is 1.05 bits per heavy atom. The van der Waals surface area contributed by atoms with E-state index in [1.54, 1.807) is 5.56 Å². The summed E-state index contributed by atoms with van der Waals surface area (Å²) in [7, 11) is 0. The van der Waals surface area contributed by atoms with Crippen molar-refractivity contribution in [1.82, 2.24) is 5.32 Å². The molecule has 1 heteroatoms. The molecule has 1 aliphatic rings. The van der Waals surface area contributed by atoms with E-state index in [4.69, 9.17) is 0 Å². The van der Waals surface area contributed by atoms with Gasteiger partial charge in [0, 0.05) is 0 Å². The summed E-state index contributed by atoms with van der Waals surface area (Å²) >= 11 is 0. The molecule has 0 heterocycles. The first-order chi connectivity index (χ1) is 9.35. The third-order valence-electron chi connectivity index (χ3n) is 4.44. The molecule has 1 fully saturated rings. The van der Waals surface area contributed by atoms with Gasteiger partial charge in [-0.2, -0.15) is 0 Å². The Kier molecular flexibility index (Phi) is 5.91. The van der Waals surface area contributed by atoms with Crippen molar-refractivity contribution < 1.29 is 0 Å². The fourth-order valence-corrected chi connectivity index (χ4v) is 3.40. The highest BCUT2D eigenvalue weighted by Crippen LogP contribution is 2.39. The predicted molar refractivity (Wildman–Crippen MR) is 83.7 cm³/mol. The van der Waals surface area contributed by atoms with Crippen molar-refractivity contribution >= 4 is 0 Å². The van der Waals surface area contributed by atoms with E-state index in [0.717, 1.165) is 11.8 Å². The standard InChI is InChI=1S/C18H29N/c1-3-6-15-9-11-16(12-10-15)18-8-5-7-17(18)14-19-13-4-2/h9-12,17-19H,3-8,13-14H2,1-2H3. The minimum absolute atomic E-state index is 0.792. The van der Waals surface area contributed by atoms with E-state index in [2.05, 4.69) is 43.4 Å². The summed E-state index contributed by atoms with van der Waals surface area (Å²) in [6.45, 7) is 6.86. The van der Waals surface area contributed by atoms with Gasteiger partial charge < -0.3 is 5.32 Å². The summed E-state index contributed by atoms with van der Waals surface area (Å²) in [4.78, 5) is 0. The monoisotopic (exact) mass is 259 g/mol. The average molecular weight is 259 g/mol. The Balaban J connectivity index is 1.94. The van der Waals surface area contributed by atoms with Gasteiger partial charge in [-0.25, -0.2) is 0 Å². The smallest absolute Gasteiger partial charge is 0.00147 e. The molecule has 1 aromatic carbocycles. The maximum Gasteiger partial charge on any atom is -0.00147 e. The van der Waals surface area contributed by atoms with Crippen LogP contribution in [0.2, 0.25) is 0 Å². The molecule has 0 aromatic heterocycles. The predicted octanol–water partition coefficient (Wildman–Crippen LogP) is 4.52. The maximum absolute atomic E-state index is 3.61. The van der Waals surface area contributed by atoms with Gasteiger partial charge in [-0.3, -0.25) is 0 Å². The second-order valence-electron chi connectivity index (χ2n) is 5.99. The molecule has 1 aliphatic carbocycles. The first-order valence-electron chi connectivity index (χ1n) is 8.14. The van der Waals surface area contributed by atoms with Crippen LogP contribution in [0.25, 0.3) is 0 Å². The van der Waals surface area contributed by atoms with Crippen molar-refractivity contribution in [2.75, 3.05) is 13.1 Å². The lowest BCUT2D eigenvalue weighted by Crippen LogP contribution is -2.25. The zero-order valence-corrected chi connectivity index (χ0v) is 12.6. The molecule has 1 nitrogen and oxygen atoms in total. The molecule has 0 radical (unpaired) electrons. The molecule has 1 saturated carbocycles. The van der Waals surface area contributed by atoms with Gasteiger partial charge in [0.1, 0.15) is 0 Å². The lowest BCUT2D eigenvalue weighted by molar-refractivity contribution is 0.444. The van der Waals surface area contributed by atoms with Gasteiger partial charge in [-0.15, -0.1) is 0 Å². The van der Waals surface area contributed by atoms with Gasteiger partial charge in [-0.05, 0) is 61.7 Å². The molecule has 1 aromatic rings. The summed E-state index contributed by atoms with van der Waals surface area (Å²) in [5.41, 5.74) is 3.06. The van der Waals surface area contributed by atoms with E-state index in [1.165, 1.54) is 57.2 Å². The van der Waals surface area contributed by atoms with Crippen LogP contribution in [0.5, 0.6) is 0 Å². The summed E-state index contributed by atoms with van der Waals surface area (Å²) in [5.74, 6) is 1.64. The van der Waals surface area contributed by atoms with Gasteiger partial charge in [0.25, 0.3) is 0 Å². The van der Waals surface area contributed by atoms with Crippen molar-refractivity contribution in [1.29, 1.82) is 0 Å². The van der Waals surface area contributed by atoms with Crippen molar-refractivity contribution in [2.24, 2.45) is 5.92 Å². The number of rotatable bonds is 7. The van der Waals surface area contributed by atoms with Gasteiger partial charge in [0.15, 0.2) is 0 Å². The molecule has 0 bridgehead atoms. The average Bonchev–Trinajstić information content (AvgIpc) is 2.89. The summed E-state index contributed by atoms with van der Waals surface area (Å²) in [5, 5.41) is 3.61. The van der Waals surface area contributed by atoms with Gasteiger partial charge in [0.2, 0.25) is 0 Å². The molecule has 0 saturated heterocycles. The number of hydrogen-bond acceptors (Lipinski definition) is 1. The van der Waals surface area contributed by atoms with Crippen LogP contribution in [0.1, 0.15) is 63.0 Å². The largest absolute Gasteiger partial charge is 0.316 e. The molecule has 0 aliphatic heterocycles. The van der Waals surface area contributed by atoms with E-state index >= 15 is 0 Å². The summed E-state index contributed by atoms with van der Waals surface area (Å²) < 4.78 is 0. The van der Waals surface area contributed by atoms with E-state index in [-0.39, 0.29) is 0 Å². The van der Waals surface area contributed by atoms with Crippen LogP contribution >= 0.6 is 0 Å². The quantitative estimate of drug-likeness (QED) is 0.710. The highest BCUT2D eigenvalue weighted by molar-refractivity contribution is 5.26. The molecule has 0 amide bonds. The molecule has 106 valence electrons. The SMILES string of the molecule is CCCNCC1CCCC1c1ccc(CCC)cc1. The van der Waals surface area contributed by atoms with Crippen LogP contribution < -0.4 is 5.32 Å². The van der Waals surface area contributed by atoms with Gasteiger partial charge >= 0.3 is 0 Å². The molecule has 1 N–H and O–H groups in total. The first kappa shape index (κ1) is 14.6. The van der Waals surface area contributed by atoms with Crippen LogP contribution in [-0.2, 0) is 6.42 Å². The van der Waals surface area contributed by atoms with E-state index in [0.29, 0.717) is 0 Å². The number of nitrogens with one attached hydrogen (secondary N) is 1. The third kappa shape index (κ3) is 4.07. The Morgan fingerprint density at radius 3 is 2.53 bits per heavy atom. The highest BCUT2D eigenvalue weighted by Gasteiger charge is 2.27. The van der Waals surface area contributed by atoms with Crippen molar-refractivity contribution in [3.05, 3.63) is 35.4 Å². The van der Waals surface area contributed by atoms with Crippen molar-refractivity contribution in [3.63, 3.8) is 0 Å². The van der Waals surface area contributed by atoms with Gasteiger partial charge in [0.05, 0.1) is 0 Å². The highest BCUT2D eigenvalue weighted by atomic mass is 14.9. The topological polar surface area (TPSA) is 12.0 Å². The number of hydrogen-bond donors (Lipinski definition) is 1. The lowest BCUT2D eigenvalue weighted by atomic mass is 9.88. The molecule has 2 rings (SSSR count). The molecule has 2 unspecified atom stereocenters. The van der Waals surface area contributed by atoms with Crippen LogP contribution in [0.4, 0.5) is 0 Å². The lowest BCUT2D eigenvalue weighted by Gasteiger charge is -2.20. The molecule has 2 atom stereocenters. The number of aryl methyl sites for hydroxylation is 1. The van der Waals surface area contributed by atoms with E-state index in [9.17, 15) is 0 Å². The fourth-order valence-electron chi connectivity index (χ4n) is 3.40. The first-order valence-corrected chi connectivity index (χ1v) is 8.14. The van der Waals surface area contributed by atoms with E-state index in [1.807, 2.05) is 0 Å². The zero-order valence-electron chi connectivity index (χ0n) is 12.6. The maximum atomic E-state index is 3.61. The number of benzene rings is 1. The van der Waals surface area contributed by atoms with Gasteiger partial charge in [-0.1, -0.05) is 51.0 Å². The Bertz CT molecular complexity index is 354. The second kappa shape index (κ2) is 7.69. The minimum atomic E-state index is 0.792. The van der Waals surface area contributed by atoms with Crippen LogP contribution in [0.15, 0.2) is 24.3 Å². The molecular formula is C18H29N. The van der Waals surface area contributed by atoms with Crippen LogP contribution in [-0.4, -0.2) is 13.1 Å². The van der Waals surface area contributed by atoms with E-state index < -0.39 is 0 Å². The Morgan fingerprint density at radius 2 is 1.84 bits per heavy atom. The zero-order chi connectivity index (χ0) is 13.5. The van der Waals surface area contributed by atoms with Crippen molar-refractivity contribution in [3.8, 4) is 0 Å². The third-order valence-corrected chi connectivity index (χ3v) is 4.44. The van der Waals surface area contributed by atoms with Crippen molar-refractivity contribution in [2.45, 2.75) is 58.3 Å². The minimum Gasteiger partial charge on any atom is -0.316 e. The van der Waals surface area contributed by atoms with Crippen LogP contribution in [0.3, 0.4) is 0 Å². The normalized spacial score (nSPS) is 22.8. The summed E-state index contributed by atoms with van der Waals surface area (Å²) in [6, 6.07) is 9.45. The second-order valence-corrected chi connectivity index (χ2v) is 5.99. The Labute approximate surface area is 118 Å². The van der Waals surface area contributed by atoms with Crippen LogP contribution in [0, 0.1) is 5.92 Å². The molecule has 0 spiro atoms.